The lowest BCUT2D eigenvalue weighted by molar-refractivity contribution is -0.114. The van der Waals surface area contributed by atoms with Gasteiger partial charge in [-0.25, -0.2) is 0 Å². The average Bonchev–Trinajstić information content (AvgIpc) is 2.59. The molecule has 2 aromatic rings. The number of Topliss-reactive ketones (excluding diaryl/α,β-unsaturated/α-hetero) is 1. The molecular formula is C20H24N2O2. The fourth-order valence-electron chi connectivity index (χ4n) is 2.37. The van der Waals surface area contributed by atoms with Crippen molar-refractivity contribution in [3.8, 4) is 0 Å². The molecular weight excluding hydrogens is 300 g/mol. The fourth-order valence-corrected chi connectivity index (χ4v) is 2.37. The maximum absolute atomic E-state index is 12.0. The standard InChI is InChI=1S/C20H24N2O2/c1-3-4-6-16-9-11-18(12-10-16)22-20(24)14-21-19-8-5-7-17(13-19)15(2)23/h5,7-13,21H,3-4,6,14H2,1-2H3,(H,22,24). The molecule has 0 saturated carbocycles. The zero-order valence-electron chi connectivity index (χ0n) is 14.3. The van der Waals surface area contributed by atoms with E-state index in [1.807, 2.05) is 18.2 Å². The summed E-state index contributed by atoms with van der Waals surface area (Å²) in [4.78, 5) is 23.4. The molecule has 0 aliphatic rings. The second-order valence-electron chi connectivity index (χ2n) is 5.84. The third-order valence-corrected chi connectivity index (χ3v) is 3.78. The van der Waals surface area contributed by atoms with Crippen LogP contribution in [0.2, 0.25) is 0 Å². The van der Waals surface area contributed by atoms with Crippen LogP contribution < -0.4 is 10.6 Å². The van der Waals surface area contributed by atoms with Gasteiger partial charge in [-0.2, -0.15) is 0 Å². The Morgan fingerprint density at radius 2 is 1.75 bits per heavy atom. The Hall–Kier alpha value is -2.62. The van der Waals surface area contributed by atoms with Crippen molar-refractivity contribution >= 4 is 23.1 Å². The SMILES string of the molecule is CCCCc1ccc(NC(=O)CNc2cccc(C(C)=O)c2)cc1. The van der Waals surface area contributed by atoms with Gasteiger partial charge in [-0.3, -0.25) is 9.59 Å². The number of unbranched alkanes of at least 4 members (excludes halogenated alkanes) is 1. The number of aryl methyl sites for hydroxylation is 1. The zero-order valence-corrected chi connectivity index (χ0v) is 14.3. The topological polar surface area (TPSA) is 58.2 Å². The Balaban J connectivity index is 1.84. The van der Waals surface area contributed by atoms with Crippen LogP contribution >= 0.6 is 0 Å². The summed E-state index contributed by atoms with van der Waals surface area (Å²) in [5, 5.41) is 5.90. The van der Waals surface area contributed by atoms with E-state index in [4.69, 9.17) is 0 Å². The molecule has 4 nitrogen and oxygen atoms in total. The second-order valence-corrected chi connectivity index (χ2v) is 5.84. The first-order valence-corrected chi connectivity index (χ1v) is 8.32. The van der Waals surface area contributed by atoms with Gasteiger partial charge in [0.15, 0.2) is 5.78 Å². The van der Waals surface area contributed by atoms with Gasteiger partial charge in [-0.15, -0.1) is 0 Å². The van der Waals surface area contributed by atoms with Crippen LogP contribution in [0.1, 0.15) is 42.6 Å². The van der Waals surface area contributed by atoms with E-state index in [0.29, 0.717) is 5.56 Å². The molecule has 0 saturated heterocycles. The number of rotatable bonds is 8. The maximum atomic E-state index is 12.0. The van der Waals surface area contributed by atoms with Gasteiger partial charge in [0.25, 0.3) is 0 Å². The van der Waals surface area contributed by atoms with Crippen molar-refractivity contribution in [2.45, 2.75) is 33.1 Å². The van der Waals surface area contributed by atoms with Gasteiger partial charge in [0.05, 0.1) is 6.54 Å². The summed E-state index contributed by atoms with van der Waals surface area (Å²) >= 11 is 0. The van der Waals surface area contributed by atoms with Crippen LogP contribution in [-0.4, -0.2) is 18.2 Å². The van der Waals surface area contributed by atoms with E-state index in [0.717, 1.165) is 17.8 Å². The number of hydrogen-bond acceptors (Lipinski definition) is 3. The second kappa shape index (κ2) is 8.87. The summed E-state index contributed by atoms with van der Waals surface area (Å²) < 4.78 is 0. The first-order chi connectivity index (χ1) is 11.6. The van der Waals surface area contributed by atoms with Crippen molar-refractivity contribution in [1.82, 2.24) is 0 Å². The lowest BCUT2D eigenvalue weighted by atomic mass is 10.1. The zero-order chi connectivity index (χ0) is 17.4. The van der Waals surface area contributed by atoms with E-state index < -0.39 is 0 Å². The van der Waals surface area contributed by atoms with Gasteiger partial charge in [0, 0.05) is 16.9 Å². The van der Waals surface area contributed by atoms with Crippen molar-refractivity contribution in [3.05, 3.63) is 59.7 Å². The first kappa shape index (κ1) is 17.7. The number of anilines is 2. The number of carbonyl (C=O) groups excluding carboxylic acids is 2. The Bertz CT molecular complexity index is 693. The molecule has 2 N–H and O–H groups in total. The van der Waals surface area contributed by atoms with Gasteiger partial charge < -0.3 is 10.6 Å². The minimum atomic E-state index is -0.121. The smallest absolute Gasteiger partial charge is 0.243 e. The molecule has 0 bridgehead atoms. The van der Waals surface area contributed by atoms with E-state index in [1.54, 1.807) is 18.2 Å². The summed E-state index contributed by atoms with van der Waals surface area (Å²) in [5.41, 5.74) is 3.46. The lowest BCUT2D eigenvalue weighted by Crippen LogP contribution is -2.21. The van der Waals surface area contributed by atoms with Crippen LogP contribution in [0.25, 0.3) is 0 Å². The molecule has 2 rings (SSSR count). The summed E-state index contributed by atoms with van der Waals surface area (Å²) in [6.07, 6.45) is 3.42. The van der Waals surface area contributed by atoms with Crippen LogP contribution in [0, 0.1) is 0 Å². The molecule has 126 valence electrons. The fraction of sp³-hybridized carbons (Fsp3) is 0.300. The molecule has 0 atom stereocenters. The van der Waals surface area contributed by atoms with E-state index in [1.165, 1.54) is 25.3 Å². The number of nitrogens with one attached hydrogen (secondary N) is 2. The van der Waals surface area contributed by atoms with Crippen LogP contribution in [0.4, 0.5) is 11.4 Å². The number of hydrogen-bond donors (Lipinski definition) is 2. The van der Waals surface area contributed by atoms with Crippen molar-refractivity contribution in [1.29, 1.82) is 0 Å². The number of benzene rings is 2. The van der Waals surface area contributed by atoms with Gasteiger partial charge in [0.2, 0.25) is 5.91 Å². The average molecular weight is 324 g/mol. The van der Waals surface area contributed by atoms with Crippen molar-refractivity contribution in [2.75, 3.05) is 17.2 Å². The minimum Gasteiger partial charge on any atom is -0.376 e. The third kappa shape index (κ3) is 5.54. The Morgan fingerprint density at radius 1 is 1.00 bits per heavy atom. The van der Waals surface area contributed by atoms with Crippen LogP contribution in [0.3, 0.4) is 0 Å². The Kier molecular flexibility index (Phi) is 6.55. The summed E-state index contributed by atoms with van der Waals surface area (Å²) in [5.74, 6) is -0.115. The van der Waals surface area contributed by atoms with E-state index in [-0.39, 0.29) is 18.2 Å². The maximum Gasteiger partial charge on any atom is 0.243 e. The molecule has 0 radical (unpaired) electrons. The van der Waals surface area contributed by atoms with Crippen LogP contribution in [0.15, 0.2) is 48.5 Å². The summed E-state index contributed by atoms with van der Waals surface area (Å²) in [6.45, 7) is 3.85. The molecule has 0 aromatic heterocycles. The van der Waals surface area contributed by atoms with Gasteiger partial charge in [-0.05, 0) is 49.6 Å². The lowest BCUT2D eigenvalue weighted by Gasteiger charge is -2.09. The molecule has 0 fully saturated rings. The molecule has 0 aliphatic carbocycles. The van der Waals surface area contributed by atoms with E-state index in [2.05, 4.69) is 29.7 Å². The molecule has 4 heteroatoms. The van der Waals surface area contributed by atoms with E-state index >= 15 is 0 Å². The Labute approximate surface area is 143 Å². The highest BCUT2D eigenvalue weighted by Gasteiger charge is 2.04. The highest BCUT2D eigenvalue weighted by Crippen LogP contribution is 2.13. The number of carbonyl (C=O) groups is 2. The van der Waals surface area contributed by atoms with Crippen LogP contribution in [0.5, 0.6) is 0 Å². The van der Waals surface area contributed by atoms with Gasteiger partial charge >= 0.3 is 0 Å². The Morgan fingerprint density at radius 3 is 2.42 bits per heavy atom. The summed E-state index contributed by atoms with van der Waals surface area (Å²) in [6, 6.07) is 15.1. The van der Waals surface area contributed by atoms with Gasteiger partial charge in [0.1, 0.15) is 0 Å². The molecule has 0 spiro atoms. The molecule has 0 aliphatic heterocycles. The predicted octanol–water partition coefficient (Wildman–Crippen LogP) is 4.28. The third-order valence-electron chi connectivity index (χ3n) is 3.78. The molecule has 1 amide bonds. The van der Waals surface area contributed by atoms with Crippen LogP contribution in [-0.2, 0) is 11.2 Å². The quantitative estimate of drug-likeness (QED) is 0.712. The molecule has 2 aromatic carbocycles. The predicted molar refractivity (Wildman–Crippen MR) is 98.6 cm³/mol. The normalized spacial score (nSPS) is 10.2. The molecule has 0 heterocycles. The minimum absolute atomic E-state index is 0.00580. The highest BCUT2D eigenvalue weighted by molar-refractivity contribution is 5.96. The van der Waals surface area contributed by atoms with Crippen molar-refractivity contribution < 1.29 is 9.59 Å². The molecule has 24 heavy (non-hydrogen) atoms. The van der Waals surface area contributed by atoms with E-state index in [9.17, 15) is 9.59 Å². The first-order valence-electron chi connectivity index (χ1n) is 8.32. The monoisotopic (exact) mass is 324 g/mol. The number of amides is 1. The molecule has 0 unspecified atom stereocenters. The summed E-state index contributed by atoms with van der Waals surface area (Å²) in [7, 11) is 0. The highest BCUT2D eigenvalue weighted by atomic mass is 16.2. The van der Waals surface area contributed by atoms with Crippen molar-refractivity contribution in [2.24, 2.45) is 0 Å². The van der Waals surface area contributed by atoms with Crippen molar-refractivity contribution in [3.63, 3.8) is 0 Å². The van der Waals surface area contributed by atoms with Gasteiger partial charge in [-0.1, -0.05) is 37.6 Å². The number of ketones is 1. The largest absolute Gasteiger partial charge is 0.376 e.